The quantitative estimate of drug-likeness (QED) is 0.813. The van der Waals surface area contributed by atoms with E-state index in [9.17, 15) is 9.59 Å². The van der Waals surface area contributed by atoms with Gasteiger partial charge in [0.1, 0.15) is 11.1 Å². The Morgan fingerprint density at radius 1 is 1.33 bits per heavy atom. The summed E-state index contributed by atoms with van der Waals surface area (Å²) in [6.45, 7) is 9.59. The molecule has 1 aliphatic rings. The minimum absolute atomic E-state index is 0.247. The fourth-order valence-electron chi connectivity index (χ4n) is 2.86. The van der Waals surface area contributed by atoms with E-state index in [4.69, 9.17) is 10.5 Å². The lowest BCUT2D eigenvalue weighted by atomic mass is 9.97. The Morgan fingerprint density at radius 2 is 2.00 bits per heavy atom. The predicted octanol–water partition coefficient (Wildman–Crippen LogP) is 3.31. The molecule has 6 heteroatoms. The smallest absolute Gasteiger partial charge is 0.411 e. The molecule has 0 spiro atoms. The van der Waals surface area contributed by atoms with Crippen molar-refractivity contribution in [2.24, 2.45) is 0 Å². The van der Waals surface area contributed by atoms with Crippen molar-refractivity contribution in [3.63, 3.8) is 0 Å². The standard InChI is InChI=1S/C18H27N3O3/c1-12-8-6-9-13(14(12)19)20-15(22)18(5)10-7-11-21(18)16(23)24-17(2,3)4/h6,8-9H,7,10-11,19H2,1-5H3,(H,20,22). The first-order chi connectivity index (χ1) is 11.0. The molecule has 1 unspecified atom stereocenters. The lowest BCUT2D eigenvalue weighted by molar-refractivity contribution is -0.125. The summed E-state index contributed by atoms with van der Waals surface area (Å²) in [7, 11) is 0. The van der Waals surface area contributed by atoms with Crippen LogP contribution in [-0.4, -0.2) is 34.6 Å². The van der Waals surface area contributed by atoms with Crippen molar-refractivity contribution in [3.05, 3.63) is 23.8 Å². The third-order valence-electron chi connectivity index (χ3n) is 4.32. The maximum atomic E-state index is 12.9. The van der Waals surface area contributed by atoms with Crippen molar-refractivity contribution in [1.29, 1.82) is 0 Å². The average molecular weight is 333 g/mol. The molecule has 1 aliphatic heterocycles. The average Bonchev–Trinajstić information content (AvgIpc) is 2.85. The zero-order valence-electron chi connectivity index (χ0n) is 15.1. The van der Waals surface area contributed by atoms with Gasteiger partial charge in [-0.15, -0.1) is 0 Å². The number of hydrogen-bond donors (Lipinski definition) is 2. The zero-order valence-corrected chi connectivity index (χ0v) is 15.1. The molecular formula is C18H27N3O3. The molecular weight excluding hydrogens is 306 g/mol. The van der Waals surface area contributed by atoms with Crippen LogP contribution < -0.4 is 11.1 Å². The minimum Gasteiger partial charge on any atom is -0.444 e. The van der Waals surface area contributed by atoms with E-state index in [1.54, 1.807) is 13.0 Å². The van der Waals surface area contributed by atoms with Gasteiger partial charge in [-0.05, 0) is 59.1 Å². The number of aryl methyl sites for hydroxylation is 1. The number of para-hydroxylation sites is 1. The van der Waals surface area contributed by atoms with Gasteiger partial charge in [-0.3, -0.25) is 9.69 Å². The van der Waals surface area contributed by atoms with Gasteiger partial charge in [-0.2, -0.15) is 0 Å². The van der Waals surface area contributed by atoms with Crippen LogP contribution in [0.25, 0.3) is 0 Å². The highest BCUT2D eigenvalue weighted by Crippen LogP contribution is 2.33. The van der Waals surface area contributed by atoms with Crippen molar-refractivity contribution in [2.45, 2.75) is 58.6 Å². The van der Waals surface area contributed by atoms with Crippen LogP contribution in [0.1, 0.15) is 46.1 Å². The van der Waals surface area contributed by atoms with Crippen molar-refractivity contribution in [2.75, 3.05) is 17.6 Å². The fourth-order valence-corrected chi connectivity index (χ4v) is 2.86. The molecule has 0 bridgehead atoms. The zero-order chi connectivity index (χ0) is 18.1. The predicted molar refractivity (Wildman–Crippen MR) is 94.8 cm³/mol. The van der Waals surface area contributed by atoms with Crippen molar-refractivity contribution in [1.82, 2.24) is 4.90 Å². The van der Waals surface area contributed by atoms with E-state index < -0.39 is 17.2 Å². The second kappa shape index (κ2) is 6.34. The molecule has 1 heterocycles. The number of nitrogen functional groups attached to an aromatic ring is 1. The van der Waals surface area contributed by atoms with E-state index in [1.165, 1.54) is 4.90 Å². The van der Waals surface area contributed by atoms with Crippen LogP contribution in [0.5, 0.6) is 0 Å². The Balaban J connectivity index is 2.20. The number of carbonyl (C=O) groups is 2. The summed E-state index contributed by atoms with van der Waals surface area (Å²) in [6.07, 6.45) is 0.880. The number of amides is 2. The topological polar surface area (TPSA) is 84.7 Å². The number of anilines is 2. The number of rotatable bonds is 2. The Kier molecular flexibility index (Phi) is 4.78. The van der Waals surface area contributed by atoms with E-state index in [2.05, 4.69) is 5.32 Å². The second-order valence-corrected chi connectivity index (χ2v) is 7.50. The van der Waals surface area contributed by atoms with Gasteiger partial charge >= 0.3 is 6.09 Å². The van der Waals surface area contributed by atoms with E-state index in [0.717, 1.165) is 12.0 Å². The molecule has 1 aromatic rings. The number of benzene rings is 1. The fraction of sp³-hybridized carbons (Fsp3) is 0.556. The first kappa shape index (κ1) is 18.1. The molecule has 3 N–H and O–H groups in total. The molecule has 6 nitrogen and oxygen atoms in total. The molecule has 0 radical (unpaired) electrons. The summed E-state index contributed by atoms with van der Waals surface area (Å²) in [5, 5.41) is 2.87. The Bertz CT molecular complexity index is 651. The van der Waals surface area contributed by atoms with Gasteiger partial charge in [0, 0.05) is 6.54 Å². The van der Waals surface area contributed by atoms with E-state index in [1.807, 2.05) is 39.8 Å². The van der Waals surface area contributed by atoms with E-state index >= 15 is 0 Å². The highest BCUT2D eigenvalue weighted by atomic mass is 16.6. The molecule has 1 atom stereocenters. The first-order valence-corrected chi connectivity index (χ1v) is 8.22. The van der Waals surface area contributed by atoms with Gasteiger partial charge in [0.2, 0.25) is 5.91 Å². The Hall–Kier alpha value is -2.24. The van der Waals surface area contributed by atoms with Crippen LogP contribution in [0.3, 0.4) is 0 Å². The number of nitrogens with zero attached hydrogens (tertiary/aromatic N) is 1. The molecule has 24 heavy (non-hydrogen) atoms. The van der Waals surface area contributed by atoms with Crippen LogP contribution in [0, 0.1) is 6.92 Å². The minimum atomic E-state index is -0.946. The van der Waals surface area contributed by atoms with Crippen molar-refractivity contribution < 1.29 is 14.3 Å². The first-order valence-electron chi connectivity index (χ1n) is 8.22. The maximum Gasteiger partial charge on any atom is 0.411 e. The van der Waals surface area contributed by atoms with Crippen LogP contribution in [0.4, 0.5) is 16.2 Å². The molecule has 1 aromatic carbocycles. The van der Waals surface area contributed by atoms with E-state index in [0.29, 0.717) is 24.3 Å². The van der Waals surface area contributed by atoms with Crippen molar-refractivity contribution in [3.8, 4) is 0 Å². The largest absolute Gasteiger partial charge is 0.444 e. The number of likely N-dealkylation sites (tertiary alicyclic amines) is 1. The molecule has 1 saturated heterocycles. The Morgan fingerprint density at radius 3 is 2.62 bits per heavy atom. The molecule has 0 aromatic heterocycles. The lowest BCUT2D eigenvalue weighted by Crippen LogP contribution is -2.54. The highest BCUT2D eigenvalue weighted by Gasteiger charge is 2.47. The number of nitrogens with two attached hydrogens (primary N) is 1. The van der Waals surface area contributed by atoms with Gasteiger partial charge in [-0.25, -0.2) is 4.79 Å². The SMILES string of the molecule is Cc1cccc(NC(=O)C2(C)CCCN2C(=O)OC(C)(C)C)c1N. The molecule has 0 aliphatic carbocycles. The number of hydrogen-bond acceptors (Lipinski definition) is 4. The summed E-state index contributed by atoms with van der Waals surface area (Å²) in [5.74, 6) is -0.247. The van der Waals surface area contributed by atoms with Crippen molar-refractivity contribution >= 4 is 23.4 Å². The monoisotopic (exact) mass is 333 g/mol. The van der Waals surface area contributed by atoms with Gasteiger partial charge in [0.15, 0.2) is 0 Å². The van der Waals surface area contributed by atoms with Gasteiger partial charge in [0.25, 0.3) is 0 Å². The van der Waals surface area contributed by atoms with E-state index in [-0.39, 0.29) is 5.91 Å². The molecule has 2 rings (SSSR count). The van der Waals surface area contributed by atoms with Gasteiger partial charge in [0.05, 0.1) is 11.4 Å². The highest BCUT2D eigenvalue weighted by molar-refractivity contribution is 6.02. The molecule has 132 valence electrons. The van der Waals surface area contributed by atoms with Crippen LogP contribution in [-0.2, 0) is 9.53 Å². The lowest BCUT2D eigenvalue weighted by Gasteiger charge is -2.35. The molecule has 2 amide bonds. The van der Waals surface area contributed by atoms with Crippen LogP contribution in [0.15, 0.2) is 18.2 Å². The normalized spacial score (nSPS) is 20.8. The van der Waals surface area contributed by atoms with Crippen LogP contribution in [0.2, 0.25) is 0 Å². The number of nitrogens with one attached hydrogen (secondary N) is 1. The summed E-state index contributed by atoms with van der Waals surface area (Å²) in [5.41, 5.74) is 6.49. The Labute approximate surface area is 143 Å². The van der Waals surface area contributed by atoms with Gasteiger partial charge < -0.3 is 15.8 Å². The second-order valence-electron chi connectivity index (χ2n) is 7.50. The maximum absolute atomic E-state index is 12.9. The molecule has 1 fully saturated rings. The van der Waals surface area contributed by atoms with Crippen LogP contribution >= 0.6 is 0 Å². The van der Waals surface area contributed by atoms with Gasteiger partial charge in [-0.1, -0.05) is 12.1 Å². The third kappa shape index (κ3) is 3.63. The number of carbonyl (C=O) groups excluding carboxylic acids is 2. The molecule has 0 saturated carbocycles. The summed E-state index contributed by atoms with van der Waals surface area (Å²) >= 11 is 0. The summed E-state index contributed by atoms with van der Waals surface area (Å²) in [4.78, 5) is 26.8. The number of ether oxygens (including phenoxy) is 1. The summed E-state index contributed by atoms with van der Waals surface area (Å²) in [6, 6.07) is 5.48. The summed E-state index contributed by atoms with van der Waals surface area (Å²) < 4.78 is 5.44. The third-order valence-corrected chi connectivity index (χ3v) is 4.32.